The molecule has 2 N–H and O–H groups in total. The SMILES string of the molecule is CC(c1ccccc1)N(CC(=O)NC(=O)NCC(F)(F)F)c1ccccc1. The Balaban J connectivity index is 2.08. The third-order valence-electron chi connectivity index (χ3n) is 3.85. The number of amides is 3. The van der Waals surface area contributed by atoms with Crippen molar-refractivity contribution < 1.29 is 22.8 Å². The minimum atomic E-state index is -4.54. The first-order valence-electron chi connectivity index (χ1n) is 8.27. The van der Waals surface area contributed by atoms with Crippen molar-refractivity contribution in [3.8, 4) is 0 Å². The maximum Gasteiger partial charge on any atom is 0.405 e. The minimum absolute atomic E-state index is 0.195. The number of rotatable bonds is 6. The summed E-state index contributed by atoms with van der Waals surface area (Å²) in [5.41, 5.74) is 1.70. The average molecular weight is 379 g/mol. The van der Waals surface area contributed by atoms with E-state index in [0.717, 1.165) is 11.3 Å². The van der Waals surface area contributed by atoms with Crippen LogP contribution in [-0.4, -0.2) is 31.2 Å². The van der Waals surface area contributed by atoms with Crippen LogP contribution in [0.2, 0.25) is 0 Å². The molecule has 2 rings (SSSR count). The van der Waals surface area contributed by atoms with Gasteiger partial charge in [-0.2, -0.15) is 13.2 Å². The summed E-state index contributed by atoms with van der Waals surface area (Å²) in [5.74, 6) is -0.707. The largest absolute Gasteiger partial charge is 0.405 e. The van der Waals surface area contributed by atoms with E-state index < -0.39 is 24.7 Å². The topological polar surface area (TPSA) is 61.4 Å². The number of urea groups is 1. The Bertz CT molecular complexity index is 752. The van der Waals surface area contributed by atoms with Crippen molar-refractivity contribution >= 4 is 17.6 Å². The number of alkyl halides is 3. The fraction of sp³-hybridized carbons (Fsp3) is 0.263. The molecular weight excluding hydrogens is 359 g/mol. The molecule has 0 saturated carbocycles. The Morgan fingerprint density at radius 1 is 1.00 bits per heavy atom. The van der Waals surface area contributed by atoms with Crippen molar-refractivity contribution in [3.05, 3.63) is 66.2 Å². The quantitative estimate of drug-likeness (QED) is 0.806. The number of halogens is 3. The van der Waals surface area contributed by atoms with Gasteiger partial charge in [0.2, 0.25) is 5.91 Å². The van der Waals surface area contributed by atoms with Gasteiger partial charge in [0.1, 0.15) is 6.54 Å². The fourth-order valence-corrected chi connectivity index (χ4v) is 2.53. The van der Waals surface area contributed by atoms with Crippen LogP contribution in [0.25, 0.3) is 0 Å². The average Bonchev–Trinajstić information content (AvgIpc) is 2.65. The van der Waals surface area contributed by atoms with Crippen LogP contribution in [0.1, 0.15) is 18.5 Å². The molecule has 0 aliphatic carbocycles. The maximum atomic E-state index is 12.2. The molecule has 1 atom stereocenters. The molecule has 0 spiro atoms. The number of benzene rings is 2. The molecule has 2 aromatic rings. The lowest BCUT2D eigenvalue weighted by molar-refractivity contribution is -0.124. The van der Waals surface area contributed by atoms with E-state index in [9.17, 15) is 22.8 Å². The van der Waals surface area contributed by atoms with Gasteiger partial charge in [-0.3, -0.25) is 10.1 Å². The highest BCUT2D eigenvalue weighted by molar-refractivity contribution is 5.96. The maximum absolute atomic E-state index is 12.2. The van der Waals surface area contributed by atoms with Crippen molar-refractivity contribution in [2.24, 2.45) is 0 Å². The van der Waals surface area contributed by atoms with Crippen molar-refractivity contribution in [3.63, 3.8) is 0 Å². The van der Waals surface area contributed by atoms with E-state index >= 15 is 0 Å². The summed E-state index contributed by atoms with van der Waals surface area (Å²) in [5, 5.41) is 3.54. The first-order valence-corrected chi connectivity index (χ1v) is 8.27. The van der Waals surface area contributed by atoms with Crippen LogP contribution in [0.3, 0.4) is 0 Å². The Labute approximate surface area is 155 Å². The van der Waals surface area contributed by atoms with Gasteiger partial charge in [0.25, 0.3) is 0 Å². The van der Waals surface area contributed by atoms with E-state index in [1.54, 1.807) is 10.2 Å². The van der Waals surface area contributed by atoms with Gasteiger partial charge in [0.05, 0.1) is 12.6 Å². The lowest BCUT2D eigenvalue weighted by Crippen LogP contribution is -2.47. The van der Waals surface area contributed by atoms with E-state index in [0.29, 0.717) is 0 Å². The highest BCUT2D eigenvalue weighted by Crippen LogP contribution is 2.26. The van der Waals surface area contributed by atoms with Crippen LogP contribution in [0, 0.1) is 0 Å². The van der Waals surface area contributed by atoms with Gasteiger partial charge in [0.15, 0.2) is 0 Å². The van der Waals surface area contributed by atoms with E-state index in [1.165, 1.54) is 0 Å². The molecule has 0 fully saturated rings. The Morgan fingerprint density at radius 2 is 1.56 bits per heavy atom. The number of nitrogens with zero attached hydrogens (tertiary/aromatic N) is 1. The molecule has 3 amide bonds. The van der Waals surface area contributed by atoms with Crippen molar-refractivity contribution in [2.45, 2.75) is 19.1 Å². The molecule has 0 heterocycles. The van der Waals surface area contributed by atoms with Crippen LogP contribution in [0.15, 0.2) is 60.7 Å². The van der Waals surface area contributed by atoms with Gasteiger partial charge in [-0.25, -0.2) is 4.79 Å². The molecule has 0 aliphatic heterocycles. The second-order valence-electron chi connectivity index (χ2n) is 5.90. The van der Waals surface area contributed by atoms with Crippen LogP contribution >= 0.6 is 0 Å². The number of anilines is 1. The van der Waals surface area contributed by atoms with Gasteiger partial charge >= 0.3 is 12.2 Å². The molecule has 8 heteroatoms. The third-order valence-corrected chi connectivity index (χ3v) is 3.85. The monoisotopic (exact) mass is 379 g/mol. The predicted octanol–water partition coefficient (Wildman–Crippen LogP) is 3.64. The summed E-state index contributed by atoms with van der Waals surface area (Å²) >= 11 is 0. The Kier molecular flexibility index (Phi) is 6.81. The van der Waals surface area contributed by atoms with Crippen LogP contribution < -0.4 is 15.5 Å². The summed E-state index contributed by atoms with van der Waals surface area (Å²) in [6.45, 7) is 0.202. The molecular formula is C19H20F3N3O2. The number of imide groups is 1. The second kappa shape index (κ2) is 9.07. The Morgan fingerprint density at radius 3 is 2.11 bits per heavy atom. The first-order chi connectivity index (χ1) is 12.8. The van der Waals surface area contributed by atoms with Crippen LogP contribution in [-0.2, 0) is 4.79 Å². The zero-order valence-electron chi connectivity index (χ0n) is 14.7. The van der Waals surface area contributed by atoms with Crippen molar-refractivity contribution in [1.82, 2.24) is 10.6 Å². The van der Waals surface area contributed by atoms with Crippen LogP contribution in [0.5, 0.6) is 0 Å². The first kappa shape index (κ1) is 20.3. The van der Waals surface area contributed by atoms with E-state index in [2.05, 4.69) is 0 Å². The lowest BCUT2D eigenvalue weighted by atomic mass is 10.1. The molecule has 2 aromatic carbocycles. The molecule has 0 bridgehead atoms. The predicted molar refractivity (Wildman–Crippen MR) is 96.2 cm³/mol. The summed E-state index contributed by atoms with van der Waals surface area (Å²) in [6, 6.07) is 17.2. The third kappa shape index (κ3) is 6.65. The van der Waals surface area contributed by atoms with Crippen molar-refractivity contribution in [1.29, 1.82) is 0 Å². The molecule has 1 unspecified atom stereocenters. The van der Waals surface area contributed by atoms with Gasteiger partial charge in [-0.1, -0.05) is 48.5 Å². The second-order valence-corrected chi connectivity index (χ2v) is 5.90. The smallest absolute Gasteiger partial charge is 0.355 e. The van der Waals surface area contributed by atoms with Gasteiger partial charge in [-0.15, -0.1) is 0 Å². The molecule has 144 valence electrons. The zero-order chi connectivity index (χ0) is 19.9. The van der Waals surface area contributed by atoms with E-state index in [-0.39, 0.29) is 12.6 Å². The van der Waals surface area contributed by atoms with E-state index in [4.69, 9.17) is 0 Å². The molecule has 27 heavy (non-hydrogen) atoms. The van der Waals surface area contributed by atoms with Crippen molar-refractivity contribution in [2.75, 3.05) is 18.0 Å². The number of nitrogens with one attached hydrogen (secondary N) is 2. The molecule has 5 nitrogen and oxygen atoms in total. The fourth-order valence-electron chi connectivity index (χ4n) is 2.53. The normalized spacial score (nSPS) is 12.1. The molecule has 0 saturated heterocycles. The number of carbonyl (C=O) groups excluding carboxylic acids is 2. The highest BCUT2D eigenvalue weighted by atomic mass is 19.4. The van der Waals surface area contributed by atoms with Crippen LogP contribution in [0.4, 0.5) is 23.7 Å². The zero-order valence-corrected chi connectivity index (χ0v) is 14.7. The molecule has 0 aromatic heterocycles. The lowest BCUT2D eigenvalue weighted by Gasteiger charge is -2.31. The summed E-state index contributed by atoms with van der Waals surface area (Å²) < 4.78 is 36.4. The Hall–Kier alpha value is -3.03. The number of carbonyl (C=O) groups is 2. The number of hydrogen-bond acceptors (Lipinski definition) is 3. The number of hydrogen-bond donors (Lipinski definition) is 2. The molecule has 0 aliphatic rings. The standard InChI is InChI=1S/C19H20F3N3O2/c1-14(15-8-4-2-5-9-15)25(16-10-6-3-7-11-16)12-17(26)24-18(27)23-13-19(20,21)22/h2-11,14H,12-13H2,1H3,(H2,23,24,26,27). The summed E-state index contributed by atoms with van der Waals surface area (Å²) in [4.78, 5) is 25.5. The highest BCUT2D eigenvalue weighted by Gasteiger charge is 2.28. The van der Waals surface area contributed by atoms with Gasteiger partial charge < -0.3 is 10.2 Å². The summed E-state index contributed by atoms with van der Waals surface area (Å²) in [7, 11) is 0. The number of para-hydroxylation sites is 1. The minimum Gasteiger partial charge on any atom is -0.355 e. The van der Waals surface area contributed by atoms with E-state index in [1.807, 2.05) is 72.9 Å². The van der Waals surface area contributed by atoms with Gasteiger partial charge in [0, 0.05) is 5.69 Å². The summed E-state index contributed by atoms with van der Waals surface area (Å²) in [6.07, 6.45) is -4.54. The van der Waals surface area contributed by atoms with Gasteiger partial charge in [-0.05, 0) is 24.6 Å². The molecule has 0 radical (unpaired) electrons.